The Morgan fingerprint density at radius 1 is 1.35 bits per heavy atom. The van der Waals surface area contributed by atoms with Crippen molar-refractivity contribution in [1.29, 1.82) is 0 Å². The quantitative estimate of drug-likeness (QED) is 0.846. The predicted molar refractivity (Wildman–Crippen MR) is 67.5 cm³/mol. The third-order valence-electron chi connectivity index (χ3n) is 2.62. The van der Waals surface area contributed by atoms with Crippen LogP contribution in [0.15, 0.2) is 29.2 Å². The molecule has 1 atom stereocenters. The van der Waals surface area contributed by atoms with Crippen molar-refractivity contribution in [2.24, 2.45) is 0 Å². The Morgan fingerprint density at radius 2 is 2.00 bits per heavy atom. The zero-order valence-corrected chi connectivity index (χ0v) is 11.6. The molecule has 0 aliphatic carbocycles. The van der Waals surface area contributed by atoms with E-state index >= 15 is 0 Å². The zero-order chi connectivity index (χ0) is 15.4. The molecular formula is C12H16F3NO3S. The van der Waals surface area contributed by atoms with E-state index in [1.165, 1.54) is 0 Å². The van der Waals surface area contributed by atoms with Crippen molar-refractivity contribution in [3.05, 3.63) is 29.8 Å². The number of benzene rings is 1. The summed E-state index contributed by atoms with van der Waals surface area (Å²) >= 11 is 0. The Kier molecular flexibility index (Phi) is 5.55. The van der Waals surface area contributed by atoms with Gasteiger partial charge in [-0.1, -0.05) is 6.07 Å². The Morgan fingerprint density at radius 3 is 2.55 bits per heavy atom. The van der Waals surface area contributed by atoms with Gasteiger partial charge in [0.25, 0.3) is 0 Å². The fraction of sp³-hybridized carbons (Fsp3) is 0.500. The Labute approximate surface area is 115 Å². The van der Waals surface area contributed by atoms with Gasteiger partial charge in [-0.25, -0.2) is 13.1 Å². The third-order valence-corrected chi connectivity index (χ3v) is 4.21. The first-order valence-corrected chi connectivity index (χ1v) is 7.45. The molecule has 0 saturated heterocycles. The number of nitrogens with one attached hydrogen (secondary N) is 1. The SMILES string of the molecule is CC(CCCO)NS(=O)(=O)c1cccc(C(F)(F)F)c1. The summed E-state index contributed by atoms with van der Waals surface area (Å²) < 4.78 is 63.8. The van der Waals surface area contributed by atoms with Gasteiger partial charge in [0.1, 0.15) is 0 Å². The normalized spacial score (nSPS) is 14.2. The van der Waals surface area contributed by atoms with Crippen LogP contribution in [0.1, 0.15) is 25.3 Å². The van der Waals surface area contributed by atoms with Gasteiger partial charge < -0.3 is 5.11 Å². The second-order valence-corrected chi connectivity index (χ2v) is 6.13. The summed E-state index contributed by atoms with van der Waals surface area (Å²) in [4.78, 5) is -0.428. The average molecular weight is 311 g/mol. The molecule has 20 heavy (non-hydrogen) atoms. The Bertz CT molecular complexity index is 543. The molecule has 0 aliphatic heterocycles. The molecule has 0 aliphatic rings. The van der Waals surface area contributed by atoms with Gasteiger partial charge in [-0.3, -0.25) is 0 Å². The van der Waals surface area contributed by atoms with Gasteiger partial charge in [0.05, 0.1) is 10.5 Å². The summed E-state index contributed by atoms with van der Waals surface area (Å²) in [5.74, 6) is 0. The lowest BCUT2D eigenvalue weighted by Gasteiger charge is -2.14. The van der Waals surface area contributed by atoms with Gasteiger partial charge in [-0.05, 0) is 38.0 Å². The van der Waals surface area contributed by atoms with Crippen LogP contribution >= 0.6 is 0 Å². The van der Waals surface area contributed by atoms with E-state index in [4.69, 9.17) is 5.11 Å². The predicted octanol–water partition coefficient (Wildman–Crippen LogP) is 2.14. The van der Waals surface area contributed by atoms with Crippen LogP contribution in [0.3, 0.4) is 0 Å². The molecule has 1 rings (SSSR count). The van der Waals surface area contributed by atoms with Crippen molar-refractivity contribution < 1.29 is 26.7 Å². The summed E-state index contributed by atoms with van der Waals surface area (Å²) in [6, 6.07) is 3.10. The number of aliphatic hydroxyl groups excluding tert-OH is 1. The summed E-state index contributed by atoms with van der Waals surface area (Å²) in [6.07, 6.45) is -3.78. The van der Waals surface area contributed by atoms with Gasteiger partial charge in [-0.2, -0.15) is 13.2 Å². The molecule has 0 spiro atoms. The van der Waals surface area contributed by atoms with Crippen molar-refractivity contribution in [3.63, 3.8) is 0 Å². The minimum atomic E-state index is -4.59. The van der Waals surface area contributed by atoms with E-state index in [-0.39, 0.29) is 6.61 Å². The molecule has 114 valence electrons. The monoisotopic (exact) mass is 311 g/mol. The van der Waals surface area contributed by atoms with Crippen LogP contribution in [-0.2, 0) is 16.2 Å². The number of hydrogen-bond acceptors (Lipinski definition) is 3. The zero-order valence-electron chi connectivity index (χ0n) is 10.8. The van der Waals surface area contributed by atoms with Crippen LogP contribution in [0, 0.1) is 0 Å². The first-order valence-electron chi connectivity index (χ1n) is 5.97. The van der Waals surface area contributed by atoms with Crippen LogP contribution in [0.4, 0.5) is 13.2 Å². The van der Waals surface area contributed by atoms with E-state index in [1.807, 2.05) is 0 Å². The number of rotatable bonds is 6. The molecule has 2 N–H and O–H groups in total. The number of hydrogen-bond donors (Lipinski definition) is 2. The lowest BCUT2D eigenvalue weighted by atomic mass is 10.2. The summed E-state index contributed by atoms with van der Waals surface area (Å²) in [6.45, 7) is 1.51. The van der Waals surface area contributed by atoms with E-state index in [0.29, 0.717) is 18.9 Å². The van der Waals surface area contributed by atoms with E-state index in [1.54, 1.807) is 6.92 Å². The number of sulfonamides is 1. The minimum absolute atomic E-state index is 0.0738. The number of alkyl halides is 3. The highest BCUT2D eigenvalue weighted by atomic mass is 32.2. The maximum atomic E-state index is 12.5. The molecule has 0 bridgehead atoms. The fourth-order valence-corrected chi connectivity index (χ4v) is 2.95. The van der Waals surface area contributed by atoms with Crippen LogP contribution in [0.2, 0.25) is 0 Å². The highest BCUT2D eigenvalue weighted by molar-refractivity contribution is 7.89. The van der Waals surface area contributed by atoms with Crippen LogP contribution in [-0.4, -0.2) is 26.2 Å². The lowest BCUT2D eigenvalue weighted by molar-refractivity contribution is -0.137. The second kappa shape index (κ2) is 6.55. The van der Waals surface area contributed by atoms with Crippen molar-refractivity contribution >= 4 is 10.0 Å². The minimum Gasteiger partial charge on any atom is -0.396 e. The van der Waals surface area contributed by atoms with Gasteiger partial charge in [0.2, 0.25) is 10.0 Å². The molecule has 0 saturated carbocycles. The highest BCUT2D eigenvalue weighted by Gasteiger charge is 2.31. The summed E-state index contributed by atoms with van der Waals surface area (Å²) in [7, 11) is -4.00. The van der Waals surface area contributed by atoms with E-state index in [2.05, 4.69) is 4.72 Å². The molecular weight excluding hydrogens is 295 g/mol. The van der Waals surface area contributed by atoms with E-state index in [0.717, 1.165) is 18.2 Å². The van der Waals surface area contributed by atoms with Crippen molar-refractivity contribution in [2.45, 2.75) is 36.9 Å². The molecule has 4 nitrogen and oxygen atoms in total. The van der Waals surface area contributed by atoms with Crippen LogP contribution in [0.5, 0.6) is 0 Å². The largest absolute Gasteiger partial charge is 0.416 e. The van der Waals surface area contributed by atoms with Gasteiger partial charge in [0.15, 0.2) is 0 Å². The Balaban J connectivity index is 2.93. The van der Waals surface area contributed by atoms with Gasteiger partial charge >= 0.3 is 6.18 Å². The number of halogens is 3. The smallest absolute Gasteiger partial charge is 0.396 e. The molecule has 0 heterocycles. The van der Waals surface area contributed by atoms with Crippen LogP contribution < -0.4 is 4.72 Å². The third kappa shape index (κ3) is 4.77. The molecule has 0 fully saturated rings. The van der Waals surface area contributed by atoms with E-state index < -0.39 is 32.7 Å². The first-order chi connectivity index (χ1) is 9.16. The number of aliphatic hydroxyl groups is 1. The standard InChI is InChI=1S/C12H16F3NO3S/c1-9(4-3-7-17)16-20(18,19)11-6-2-5-10(8-11)12(13,14)15/h2,5-6,8-9,16-17H,3-4,7H2,1H3. The van der Waals surface area contributed by atoms with Crippen LogP contribution in [0.25, 0.3) is 0 Å². The summed E-state index contributed by atoms with van der Waals surface area (Å²) in [5.41, 5.74) is -1.01. The molecule has 1 aromatic rings. The topological polar surface area (TPSA) is 66.4 Å². The lowest BCUT2D eigenvalue weighted by Crippen LogP contribution is -2.32. The second-order valence-electron chi connectivity index (χ2n) is 4.41. The van der Waals surface area contributed by atoms with Gasteiger partial charge in [-0.15, -0.1) is 0 Å². The van der Waals surface area contributed by atoms with E-state index in [9.17, 15) is 21.6 Å². The average Bonchev–Trinajstić information content (AvgIpc) is 2.35. The molecule has 0 radical (unpaired) electrons. The maximum absolute atomic E-state index is 12.5. The van der Waals surface area contributed by atoms with Gasteiger partial charge in [0, 0.05) is 12.6 Å². The molecule has 8 heteroatoms. The highest BCUT2D eigenvalue weighted by Crippen LogP contribution is 2.30. The molecule has 0 amide bonds. The van der Waals surface area contributed by atoms with Crippen molar-refractivity contribution in [2.75, 3.05) is 6.61 Å². The molecule has 0 aromatic heterocycles. The first kappa shape index (κ1) is 16.9. The molecule has 1 aromatic carbocycles. The maximum Gasteiger partial charge on any atom is 0.416 e. The fourth-order valence-electron chi connectivity index (χ4n) is 1.63. The summed E-state index contributed by atoms with van der Waals surface area (Å²) in [5, 5.41) is 8.65. The van der Waals surface area contributed by atoms with Crippen molar-refractivity contribution in [3.8, 4) is 0 Å². The Hall–Kier alpha value is -1.12. The molecule has 1 unspecified atom stereocenters. The van der Waals surface area contributed by atoms with Crippen molar-refractivity contribution in [1.82, 2.24) is 4.72 Å².